The van der Waals surface area contributed by atoms with Crippen LogP contribution in [0.3, 0.4) is 0 Å². The van der Waals surface area contributed by atoms with E-state index in [9.17, 15) is 4.79 Å². The van der Waals surface area contributed by atoms with Gasteiger partial charge in [-0.2, -0.15) is 0 Å². The average molecular weight is 297 g/mol. The van der Waals surface area contributed by atoms with Crippen LogP contribution in [0.15, 0.2) is 59.8 Å². The molecule has 0 spiro atoms. The van der Waals surface area contributed by atoms with Gasteiger partial charge in [-0.25, -0.2) is 4.98 Å². The molecule has 3 aromatic rings. The second-order valence-electron chi connectivity index (χ2n) is 4.71. The second-order valence-corrected chi connectivity index (χ2v) is 5.65. The zero-order valence-corrected chi connectivity index (χ0v) is 12.2. The molecule has 2 aromatic carbocycles. The lowest BCUT2D eigenvalue weighted by Gasteiger charge is -2.06. The van der Waals surface area contributed by atoms with Gasteiger partial charge in [0.2, 0.25) is 5.91 Å². The highest BCUT2D eigenvalue weighted by Gasteiger charge is 2.12. The molecule has 2 N–H and O–H groups in total. The van der Waals surface area contributed by atoms with Gasteiger partial charge >= 0.3 is 0 Å². The maximum Gasteiger partial charge on any atom is 0.237 e. The zero-order chi connectivity index (χ0) is 14.7. The van der Waals surface area contributed by atoms with Crippen molar-refractivity contribution in [3.05, 3.63) is 60.2 Å². The van der Waals surface area contributed by atoms with Gasteiger partial charge in [0, 0.05) is 5.75 Å². The van der Waals surface area contributed by atoms with Crippen LogP contribution in [0.4, 0.5) is 0 Å². The minimum Gasteiger partial charge on any atom is -0.368 e. The molecule has 0 aliphatic heterocycles. The van der Waals surface area contributed by atoms with Crippen molar-refractivity contribution in [2.75, 3.05) is 0 Å². The Labute approximate surface area is 127 Å². The highest BCUT2D eigenvalue weighted by Crippen LogP contribution is 2.26. The largest absolute Gasteiger partial charge is 0.368 e. The maximum atomic E-state index is 11.3. The molecule has 3 rings (SSSR count). The molecular formula is C16H15N3OS. The van der Waals surface area contributed by atoms with E-state index in [-0.39, 0.29) is 12.5 Å². The summed E-state index contributed by atoms with van der Waals surface area (Å²) in [6.07, 6.45) is 0. The average Bonchev–Trinajstić information content (AvgIpc) is 2.84. The Balaban J connectivity index is 1.91. The molecular weight excluding hydrogens is 282 g/mol. The molecule has 1 aromatic heterocycles. The summed E-state index contributed by atoms with van der Waals surface area (Å²) in [5.41, 5.74) is 8.40. The van der Waals surface area contributed by atoms with Gasteiger partial charge in [-0.3, -0.25) is 4.79 Å². The van der Waals surface area contributed by atoms with Crippen molar-refractivity contribution in [2.24, 2.45) is 5.73 Å². The van der Waals surface area contributed by atoms with E-state index in [4.69, 9.17) is 5.73 Å². The summed E-state index contributed by atoms with van der Waals surface area (Å²) < 4.78 is 1.88. The summed E-state index contributed by atoms with van der Waals surface area (Å²) in [6.45, 7) is 0.150. The van der Waals surface area contributed by atoms with Gasteiger partial charge in [0.05, 0.1) is 11.0 Å². The van der Waals surface area contributed by atoms with Crippen LogP contribution in [0.25, 0.3) is 11.0 Å². The number of hydrogen-bond acceptors (Lipinski definition) is 3. The van der Waals surface area contributed by atoms with Gasteiger partial charge in [-0.1, -0.05) is 54.2 Å². The molecule has 106 valence electrons. The first-order valence-corrected chi connectivity index (χ1v) is 7.63. The minimum atomic E-state index is -0.361. The van der Waals surface area contributed by atoms with Crippen molar-refractivity contribution in [3.63, 3.8) is 0 Å². The summed E-state index contributed by atoms with van der Waals surface area (Å²) in [6, 6.07) is 18.0. The Morgan fingerprint density at radius 3 is 2.57 bits per heavy atom. The van der Waals surface area contributed by atoms with Crippen molar-refractivity contribution in [2.45, 2.75) is 17.5 Å². The fraction of sp³-hybridized carbons (Fsp3) is 0.125. The predicted octanol–water partition coefficient (Wildman–Crippen LogP) is 2.81. The Kier molecular flexibility index (Phi) is 3.92. The van der Waals surface area contributed by atoms with Gasteiger partial charge in [0.1, 0.15) is 6.54 Å². The standard InChI is InChI=1S/C16H15N3OS/c17-15(20)10-19-14-9-5-4-8-13(14)18-16(19)21-11-12-6-2-1-3-7-12/h1-9H,10-11H2,(H2,17,20). The van der Waals surface area contributed by atoms with E-state index in [2.05, 4.69) is 17.1 Å². The number of nitrogens with zero attached hydrogens (tertiary/aromatic N) is 2. The van der Waals surface area contributed by atoms with E-state index in [1.807, 2.05) is 47.0 Å². The number of nitrogens with two attached hydrogens (primary N) is 1. The fourth-order valence-corrected chi connectivity index (χ4v) is 3.16. The summed E-state index contributed by atoms with van der Waals surface area (Å²) in [7, 11) is 0. The molecule has 0 atom stereocenters. The first-order valence-electron chi connectivity index (χ1n) is 6.64. The lowest BCUT2D eigenvalue weighted by atomic mass is 10.2. The monoisotopic (exact) mass is 297 g/mol. The van der Waals surface area contributed by atoms with E-state index in [1.54, 1.807) is 11.8 Å². The topological polar surface area (TPSA) is 60.9 Å². The molecule has 0 radical (unpaired) electrons. The van der Waals surface area contributed by atoms with Gasteiger partial charge in [0.15, 0.2) is 5.16 Å². The highest BCUT2D eigenvalue weighted by molar-refractivity contribution is 7.98. The number of fused-ring (bicyclic) bond motifs is 1. The second kappa shape index (κ2) is 6.01. The van der Waals surface area contributed by atoms with E-state index in [1.165, 1.54) is 5.56 Å². The molecule has 0 fully saturated rings. The van der Waals surface area contributed by atoms with E-state index in [0.717, 1.165) is 21.9 Å². The third-order valence-electron chi connectivity index (χ3n) is 3.14. The number of primary amides is 1. The predicted molar refractivity (Wildman–Crippen MR) is 84.9 cm³/mol. The first-order chi connectivity index (χ1) is 10.2. The zero-order valence-electron chi connectivity index (χ0n) is 11.4. The van der Waals surface area contributed by atoms with Crippen molar-refractivity contribution < 1.29 is 4.79 Å². The van der Waals surface area contributed by atoms with Crippen LogP contribution >= 0.6 is 11.8 Å². The normalized spacial score (nSPS) is 10.9. The van der Waals surface area contributed by atoms with Crippen LogP contribution in [0, 0.1) is 0 Å². The van der Waals surface area contributed by atoms with Crippen molar-refractivity contribution in [3.8, 4) is 0 Å². The van der Waals surface area contributed by atoms with Gasteiger partial charge in [0.25, 0.3) is 0 Å². The fourth-order valence-electron chi connectivity index (χ4n) is 2.19. The number of imidazole rings is 1. The van der Waals surface area contributed by atoms with E-state index in [0.29, 0.717) is 0 Å². The number of benzene rings is 2. The van der Waals surface area contributed by atoms with Crippen LogP contribution < -0.4 is 5.73 Å². The number of thioether (sulfide) groups is 1. The summed E-state index contributed by atoms with van der Waals surface area (Å²) >= 11 is 1.61. The number of amides is 1. The third-order valence-corrected chi connectivity index (χ3v) is 4.19. The van der Waals surface area contributed by atoms with Crippen LogP contribution in [0.5, 0.6) is 0 Å². The van der Waals surface area contributed by atoms with Crippen molar-refractivity contribution >= 4 is 28.7 Å². The number of para-hydroxylation sites is 2. The third kappa shape index (κ3) is 3.08. The molecule has 1 heterocycles. The number of hydrogen-bond donors (Lipinski definition) is 1. The number of carbonyl (C=O) groups excluding carboxylic acids is 1. The molecule has 0 aliphatic rings. The molecule has 21 heavy (non-hydrogen) atoms. The molecule has 0 saturated heterocycles. The Morgan fingerprint density at radius 1 is 1.10 bits per heavy atom. The lowest BCUT2D eigenvalue weighted by Crippen LogP contribution is -2.19. The molecule has 1 amide bonds. The molecule has 0 unspecified atom stereocenters. The minimum absolute atomic E-state index is 0.150. The van der Waals surface area contributed by atoms with Crippen molar-refractivity contribution in [1.82, 2.24) is 9.55 Å². The van der Waals surface area contributed by atoms with Crippen LogP contribution in [-0.4, -0.2) is 15.5 Å². The summed E-state index contributed by atoms with van der Waals surface area (Å²) in [5, 5.41) is 0.818. The quantitative estimate of drug-likeness (QED) is 0.737. The van der Waals surface area contributed by atoms with Crippen molar-refractivity contribution in [1.29, 1.82) is 0 Å². The molecule has 0 bridgehead atoms. The molecule has 5 heteroatoms. The Bertz CT molecular complexity index is 768. The first kappa shape index (κ1) is 13.7. The molecule has 0 aliphatic carbocycles. The Morgan fingerprint density at radius 2 is 1.81 bits per heavy atom. The van der Waals surface area contributed by atoms with Gasteiger partial charge < -0.3 is 10.3 Å². The van der Waals surface area contributed by atoms with Crippen LogP contribution in [0.1, 0.15) is 5.56 Å². The smallest absolute Gasteiger partial charge is 0.237 e. The summed E-state index contributed by atoms with van der Waals surface area (Å²) in [4.78, 5) is 15.9. The highest BCUT2D eigenvalue weighted by atomic mass is 32.2. The van der Waals surface area contributed by atoms with Gasteiger partial charge in [-0.05, 0) is 17.7 Å². The molecule has 4 nitrogen and oxygen atoms in total. The molecule has 0 saturated carbocycles. The maximum absolute atomic E-state index is 11.3. The summed E-state index contributed by atoms with van der Waals surface area (Å²) in [5.74, 6) is 0.447. The Hall–Kier alpha value is -2.27. The van der Waals surface area contributed by atoms with Gasteiger partial charge in [-0.15, -0.1) is 0 Å². The van der Waals surface area contributed by atoms with Crippen LogP contribution in [-0.2, 0) is 17.1 Å². The SMILES string of the molecule is NC(=O)Cn1c(SCc2ccccc2)nc2ccccc21. The number of rotatable bonds is 5. The number of carbonyl (C=O) groups is 1. The van der Waals surface area contributed by atoms with E-state index < -0.39 is 0 Å². The van der Waals surface area contributed by atoms with E-state index >= 15 is 0 Å². The lowest BCUT2D eigenvalue weighted by molar-refractivity contribution is -0.118. The van der Waals surface area contributed by atoms with Crippen LogP contribution in [0.2, 0.25) is 0 Å². The number of aromatic nitrogens is 2.